The van der Waals surface area contributed by atoms with Gasteiger partial charge in [-0.3, -0.25) is 0 Å². The maximum absolute atomic E-state index is 11.3. The van der Waals surface area contributed by atoms with Gasteiger partial charge in [0.1, 0.15) is 23.9 Å². The lowest BCUT2D eigenvalue weighted by Crippen LogP contribution is -2.42. The Labute approximate surface area is 206 Å². The Bertz CT molecular complexity index is 957. The van der Waals surface area contributed by atoms with Crippen molar-refractivity contribution in [2.45, 2.75) is 43.5 Å². The van der Waals surface area contributed by atoms with E-state index in [1.54, 1.807) is 11.8 Å². The van der Waals surface area contributed by atoms with Gasteiger partial charge in [-0.2, -0.15) is 0 Å². The lowest BCUT2D eigenvalue weighted by Gasteiger charge is -2.37. The van der Waals surface area contributed by atoms with Gasteiger partial charge in [-0.25, -0.2) is 0 Å². The molecule has 34 heavy (non-hydrogen) atoms. The molecule has 0 unspecified atom stereocenters. The Hall–Kier alpha value is -2.41. The highest BCUT2D eigenvalue weighted by molar-refractivity contribution is 8.01. The first-order chi connectivity index (χ1) is 16.5. The number of ether oxygens (including phenoxy) is 3. The van der Waals surface area contributed by atoms with E-state index in [9.17, 15) is 5.11 Å². The Kier molecular flexibility index (Phi) is 7.91. The molecule has 3 aromatic rings. The van der Waals surface area contributed by atoms with Crippen LogP contribution in [0, 0.1) is 0 Å². The van der Waals surface area contributed by atoms with Gasteiger partial charge in [0.2, 0.25) is 0 Å². The van der Waals surface area contributed by atoms with Crippen molar-refractivity contribution in [3.8, 4) is 0 Å². The van der Waals surface area contributed by atoms with E-state index >= 15 is 0 Å². The van der Waals surface area contributed by atoms with Crippen molar-refractivity contribution in [2.24, 2.45) is 0 Å². The zero-order chi connectivity index (χ0) is 24.0. The second kappa shape index (κ2) is 10.9. The van der Waals surface area contributed by atoms with E-state index in [1.807, 2.05) is 86.2 Å². The Balaban J connectivity index is 1.71. The molecule has 0 aromatic heterocycles. The van der Waals surface area contributed by atoms with Crippen LogP contribution in [0.2, 0.25) is 0 Å². The van der Waals surface area contributed by atoms with Crippen molar-refractivity contribution < 1.29 is 19.3 Å². The van der Waals surface area contributed by atoms with Crippen LogP contribution in [0.25, 0.3) is 0 Å². The van der Waals surface area contributed by atoms with Crippen molar-refractivity contribution in [2.75, 3.05) is 12.9 Å². The van der Waals surface area contributed by atoms with Gasteiger partial charge in [-0.05, 0) is 48.3 Å². The van der Waals surface area contributed by atoms with Crippen LogP contribution in [0.5, 0.6) is 0 Å². The number of aliphatic hydroxyl groups excluding tert-OH is 1. The summed E-state index contributed by atoms with van der Waals surface area (Å²) >= 11 is 1.58. The Morgan fingerprint density at radius 3 is 1.79 bits per heavy atom. The number of hydrogen-bond acceptors (Lipinski definition) is 5. The summed E-state index contributed by atoms with van der Waals surface area (Å²) in [5.74, 6) is -0.783. The van der Waals surface area contributed by atoms with E-state index < -0.39 is 23.6 Å². The standard InChI is InChI=1S/C29H32O4S/c1-28(2)32-26(19-20-34-3)27(33-28)25(30)21-31-29(22-13-7-4-8-14-22,23-15-9-5-10-16-23)24-17-11-6-12-18-24/h4-20,25-27,30H,21H2,1-3H3/b20-19+/t25-,26+,27-/m1/s1. The van der Waals surface area contributed by atoms with E-state index in [4.69, 9.17) is 14.2 Å². The summed E-state index contributed by atoms with van der Waals surface area (Å²) in [6.45, 7) is 3.79. The van der Waals surface area contributed by atoms with Gasteiger partial charge in [0.25, 0.3) is 0 Å². The lowest BCUT2D eigenvalue weighted by molar-refractivity contribution is -0.160. The highest BCUT2D eigenvalue weighted by Crippen LogP contribution is 2.41. The Morgan fingerprint density at radius 2 is 1.35 bits per heavy atom. The largest absolute Gasteiger partial charge is 0.388 e. The van der Waals surface area contributed by atoms with Crippen molar-refractivity contribution >= 4 is 11.8 Å². The maximum atomic E-state index is 11.3. The zero-order valence-electron chi connectivity index (χ0n) is 19.8. The first-order valence-corrected chi connectivity index (χ1v) is 12.8. The number of thioether (sulfide) groups is 1. The van der Waals surface area contributed by atoms with E-state index in [-0.39, 0.29) is 12.7 Å². The van der Waals surface area contributed by atoms with Gasteiger partial charge >= 0.3 is 0 Å². The molecule has 4 nitrogen and oxygen atoms in total. The van der Waals surface area contributed by atoms with Crippen LogP contribution in [0.1, 0.15) is 30.5 Å². The maximum Gasteiger partial charge on any atom is 0.164 e. The average Bonchev–Trinajstić information content (AvgIpc) is 3.19. The van der Waals surface area contributed by atoms with Crippen molar-refractivity contribution in [3.63, 3.8) is 0 Å². The zero-order valence-corrected chi connectivity index (χ0v) is 20.7. The summed E-state index contributed by atoms with van der Waals surface area (Å²) in [5.41, 5.74) is 2.07. The second-order valence-corrected chi connectivity index (χ2v) is 9.53. The summed E-state index contributed by atoms with van der Waals surface area (Å²) in [4.78, 5) is 0. The van der Waals surface area contributed by atoms with Crippen LogP contribution in [-0.2, 0) is 19.8 Å². The first kappa shape index (κ1) is 24.7. The molecule has 1 aliphatic rings. The summed E-state index contributed by atoms with van der Waals surface area (Å²) < 4.78 is 18.9. The molecule has 5 heteroatoms. The van der Waals surface area contributed by atoms with Crippen LogP contribution < -0.4 is 0 Å². The molecule has 0 saturated carbocycles. The molecule has 1 N–H and O–H groups in total. The Morgan fingerprint density at radius 1 is 0.882 bits per heavy atom. The molecular formula is C29H32O4S. The molecule has 0 aliphatic carbocycles. The van der Waals surface area contributed by atoms with Crippen LogP contribution in [-0.4, -0.2) is 42.1 Å². The van der Waals surface area contributed by atoms with Gasteiger partial charge in [-0.15, -0.1) is 11.8 Å². The summed E-state index contributed by atoms with van der Waals surface area (Å²) in [6, 6.07) is 30.4. The van der Waals surface area contributed by atoms with Crippen LogP contribution >= 0.6 is 11.8 Å². The number of hydrogen-bond donors (Lipinski definition) is 1. The molecule has 1 saturated heterocycles. The number of benzene rings is 3. The highest BCUT2D eigenvalue weighted by Gasteiger charge is 2.45. The van der Waals surface area contributed by atoms with E-state index in [0.717, 1.165) is 16.7 Å². The predicted molar refractivity (Wildman–Crippen MR) is 138 cm³/mol. The monoisotopic (exact) mass is 476 g/mol. The molecule has 0 radical (unpaired) electrons. The summed E-state index contributed by atoms with van der Waals surface area (Å²) in [5, 5.41) is 13.2. The fourth-order valence-electron chi connectivity index (χ4n) is 4.49. The van der Waals surface area contributed by atoms with E-state index in [0.29, 0.717) is 0 Å². The second-order valence-electron chi connectivity index (χ2n) is 8.79. The van der Waals surface area contributed by atoms with Crippen LogP contribution in [0.3, 0.4) is 0 Å². The van der Waals surface area contributed by atoms with Crippen molar-refractivity contribution in [1.82, 2.24) is 0 Å². The molecule has 0 amide bonds. The molecule has 3 aromatic carbocycles. The van der Waals surface area contributed by atoms with Crippen molar-refractivity contribution in [1.29, 1.82) is 0 Å². The van der Waals surface area contributed by atoms with Crippen LogP contribution in [0.4, 0.5) is 0 Å². The first-order valence-electron chi connectivity index (χ1n) is 11.5. The smallest absolute Gasteiger partial charge is 0.164 e. The summed E-state index contributed by atoms with van der Waals surface area (Å²) in [6.07, 6.45) is 2.12. The van der Waals surface area contributed by atoms with Gasteiger partial charge in [0, 0.05) is 0 Å². The highest BCUT2D eigenvalue weighted by atomic mass is 32.2. The molecule has 3 atom stereocenters. The number of rotatable bonds is 9. The van der Waals surface area contributed by atoms with Gasteiger partial charge in [0.05, 0.1) is 6.61 Å². The third-order valence-corrected chi connectivity index (χ3v) is 6.39. The molecule has 178 valence electrons. The van der Waals surface area contributed by atoms with Gasteiger partial charge in [-0.1, -0.05) is 91.0 Å². The quantitative estimate of drug-likeness (QED) is 0.398. The van der Waals surface area contributed by atoms with Gasteiger partial charge in [0.15, 0.2) is 5.79 Å². The lowest BCUT2D eigenvalue weighted by atomic mass is 9.80. The molecule has 1 heterocycles. The fourth-order valence-corrected chi connectivity index (χ4v) is 4.81. The third kappa shape index (κ3) is 5.29. The van der Waals surface area contributed by atoms with Gasteiger partial charge < -0.3 is 19.3 Å². The molecule has 1 aliphatic heterocycles. The molecule has 4 rings (SSSR count). The van der Waals surface area contributed by atoms with E-state index in [2.05, 4.69) is 36.4 Å². The molecule has 0 bridgehead atoms. The minimum absolute atomic E-state index is 0.0619. The topological polar surface area (TPSA) is 47.9 Å². The SMILES string of the molecule is CS/C=C/[C@@H]1OC(C)(C)O[C@@H]1[C@H](O)COC(c1ccccc1)(c1ccccc1)c1ccccc1. The minimum Gasteiger partial charge on any atom is -0.388 e. The van der Waals surface area contributed by atoms with E-state index in [1.165, 1.54) is 0 Å². The molecular weight excluding hydrogens is 444 g/mol. The minimum atomic E-state index is -0.898. The average molecular weight is 477 g/mol. The third-order valence-electron chi connectivity index (χ3n) is 5.96. The fraction of sp³-hybridized carbons (Fsp3) is 0.310. The molecule has 1 fully saturated rings. The van der Waals surface area contributed by atoms with Crippen LogP contribution in [0.15, 0.2) is 102 Å². The summed E-state index contributed by atoms with van der Waals surface area (Å²) in [7, 11) is 0. The van der Waals surface area contributed by atoms with Crippen molar-refractivity contribution in [3.05, 3.63) is 119 Å². The predicted octanol–water partition coefficient (Wildman–Crippen LogP) is 5.75. The molecule has 0 spiro atoms. The normalized spacial score (nSPS) is 21.1. The number of aliphatic hydroxyl groups is 1.